The molecule has 2 aromatic carbocycles. The lowest BCUT2D eigenvalue weighted by atomic mass is 10.1. The summed E-state index contributed by atoms with van der Waals surface area (Å²) in [4.78, 5) is 29.7. The van der Waals surface area contributed by atoms with Crippen LogP contribution in [0.5, 0.6) is 17.4 Å². The topological polar surface area (TPSA) is 96.8 Å². The number of aromatic nitrogens is 2. The zero-order valence-corrected chi connectivity index (χ0v) is 21.3. The second-order valence-electron chi connectivity index (χ2n) is 9.47. The fourth-order valence-corrected chi connectivity index (χ4v) is 4.18. The van der Waals surface area contributed by atoms with E-state index in [1.54, 1.807) is 45.0 Å². The Morgan fingerprint density at radius 2 is 1.72 bits per heavy atom. The first kappa shape index (κ1) is 25.2. The molecular formula is C27H29N3O5S. The third kappa shape index (κ3) is 5.85. The largest absolute Gasteiger partial charge is 0.494 e. The number of hydrogen-bond acceptors (Lipinski definition) is 6. The highest BCUT2D eigenvalue weighted by Crippen LogP contribution is 2.29. The van der Waals surface area contributed by atoms with E-state index in [2.05, 4.69) is 4.98 Å². The molecule has 1 fully saturated rings. The van der Waals surface area contributed by atoms with Crippen LogP contribution in [-0.4, -0.2) is 37.8 Å². The first-order valence-electron chi connectivity index (χ1n) is 11.7. The number of rotatable bonds is 4. The van der Waals surface area contributed by atoms with E-state index < -0.39 is 17.3 Å². The molecule has 0 atom stereocenters. The van der Waals surface area contributed by atoms with Crippen molar-refractivity contribution in [3.63, 3.8) is 0 Å². The molecule has 0 aliphatic carbocycles. The number of benzene rings is 2. The maximum atomic E-state index is 12.8. The summed E-state index contributed by atoms with van der Waals surface area (Å²) in [6, 6.07) is 16.3. The van der Waals surface area contributed by atoms with Gasteiger partial charge in [-0.25, -0.2) is 4.79 Å². The van der Waals surface area contributed by atoms with E-state index in [1.807, 2.05) is 30.3 Å². The molecule has 0 spiro atoms. The number of para-hydroxylation sites is 1. The molecule has 0 bridgehead atoms. The van der Waals surface area contributed by atoms with E-state index >= 15 is 0 Å². The highest BCUT2D eigenvalue weighted by Gasteiger charge is 2.27. The van der Waals surface area contributed by atoms with Crippen molar-refractivity contribution >= 4 is 24.4 Å². The van der Waals surface area contributed by atoms with Crippen LogP contribution < -0.4 is 10.3 Å². The molecule has 2 heterocycles. The van der Waals surface area contributed by atoms with Crippen molar-refractivity contribution in [2.24, 2.45) is 0 Å². The second kappa shape index (κ2) is 10.4. The maximum absolute atomic E-state index is 12.8. The van der Waals surface area contributed by atoms with Crippen molar-refractivity contribution in [3.8, 4) is 23.1 Å². The van der Waals surface area contributed by atoms with Crippen LogP contribution in [0.2, 0.25) is 0 Å². The van der Waals surface area contributed by atoms with Crippen molar-refractivity contribution in [1.82, 2.24) is 14.5 Å². The molecule has 1 amide bonds. The molecule has 1 aromatic heterocycles. The number of nitrogens with zero attached hydrogens (tertiary/aromatic N) is 2. The zero-order chi connectivity index (χ0) is 25.9. The number of ether oxygens (including phenoxy) is 2. The van der Waals surface area contributed by atoms with Crippen LogP contribution >= 0.6 is 12.2 Å². The van der Waals surface area contributed by atoms with Gasteiger partial charge in [-0.2, -0.15) is 0 Å². The average Bonchev–Trinajstić information content (AvgIpc) is 2.82. The molecule has 3 aromatic rings. The maximum Gasteiger partial charge on any atom is 0.414 e. The predicted octanol–water partition coefficient (Wildman–Crippen LogP) is 6.15. The lowest BCUT2D eigenvalue weighted by Gasteiger charge is -2.32. The Balaban J connectivity index is 1.68. The van der Waals surface area contributed by atoms with Crippen molar-refractivity contribution in [1.29, 1.82) is 0 Å². The van der Waals surface area contributed by atoms with E-state index in [-0.39, 0.29) is 16.2 Å². The van der Waals surface area contributed by atoms with Crippen LogP contribution in [0.4, 0.5) is 4.79 Å². The van der Waals surface area contributed by atoms with Crippen LogP contribution in [0.3, 0.4) is 0 Å². The van der Waals surface area contributed by atoms with Gasteiger partial charge in [0.25, 0.3) is 5.56 Å². The van der Waals surface area contributed by atoms with E-state index in [9.17, 15) is 14.7 Å². The summed E-state index contributed by atoms with van der Waals surface area (Å²) in [6.07, 6.45) is 3.30. The van der Waals surface area contributed by atoms with Gasteiger partial charge in [0, 0.05) is 12.2 Å². The Morgan fingerprint density at radius 1 is 1.06 bits per heavy atom. The van der Waals surface area contributed by atoms with Crippen LogP contribution in [0.15, 0.2) is 65.1 Å². The normalized spacial score (nSPS) is 15.1. The van der Waals surface area contributed by atoms with Gasteiger partial charge in [0.05, 0.1) is 5.69 Å². The fourth-order valence-electron chi connectivity index (χ4n) is 3.89. The molecular weight excluding hydrogens is 478 g/mol. The number of aromatic hydroxyl groups is 1. The molecule has 0 radical (unpaired) electrons. The molecule has 0 unspecified atom stereocenters. The SMILES string of the molecule is CC(C)(C)OC(=O)N1CCCCC1=Cc1c(O)n(-c2ccc(Oc3ccccc3)cc2)c(=S)[nH]c1=O. The van der Waals surface area contributed by atoms with Crippen LogP contribution in [0.25, 0.3) is 11.8 Å². The van der Waals surface area contributed by atoms with Crippen molar-refractivity contribution < 1.29 is 19.4 Å². The Bertz CT molecular complexity index is 1390. The number of piperidine rings is 1. The molecule has 36 heavy (non-hydrogen) atoms. The summed E-state index contributed by atoms with van der Waals surface area (Å²) in [5.74, 6) is 0.991. The van der Waals surface area contributed by atoms with Crippen molar-refractivity contribution in [3.05, 3.63) is 81.0 Å². The zero-order valence-electron chi connectivity index (χ0n) is 20.5. The van der Waals surface area contributed by atoms with Crippen molar-refractivity contribution in [2.45, 2.75) is 45.6 Å². The number of likely N-dealkylation sites (tertiary alicyclic amines) is 1. The van der Waals surface area contributed by atoms with E-state index in [4.69, 9.17) is 21.7 Å². The summed E-state index contributed by atoms with van der Waals surface area (Å²) in [5.41, 5.74) is -0.0329. The van der Waals surface area contributed by atoms with Gasteiger partial charge in [-0.1, -0.05) is 18.2 Å². The fraction of sp³-hybridized carbons (Fsp3) is 0.296. The molecule has 4 rings (SSSR count). The summed E-state index contributed by atoms with van der Waals surface area (Å²) >= 11 is 5.35. The number of hydrogen-bond donors (Lipinski definition) is 2. The number of carbonyl (C=O) groups excluding carboxylic acids is 1. The number of amides is 1. The Labute approximate surface area is 214 Å². The Hall–Kier alpha value is -3.85. The van der Waals surface area contributed by atoms with Gasteiger partial charge < -0.3 is 14.6 Å². The van der Waals surface area contributed by atoms with E-state index in [0.29, 0.717) is 35.8 Å². The third-order valence-electron chi connectivity index (χ3n) is 5.53. The highest BCUT2D eigenvalue weighted by molar-refractivity contribution is 7.71. The number of H-pyrrole nitrogens is 1. The van der Waals surface area contributed by atoms with Crippen LogP contribution in [0.1, 0.15) is 45.6 Å². The third-order valence-corrected chi connectivity index (χ3v) is 5.82. The number of carbonyl (C=O) groups is 1. The minimum Gasteiger partial charge on any atom is -0.494 e. The molecule has 8 nitrogen and oxygen atoms in total. The minimum absolute atomic E-state index is 0.0127. The summed E-state index contributed by atoms with van der Waals surface area (Å²) in [5, 5.41) is 11.1. The lowest BCUT2D eigenvalue weighted by Crippen LogP contribution is -2.38. The standard InChI is InChI=1S/C27H29N3O5S/c1-27(2,3)35-26(33)29-16-8-7-9-19(29)17-22-23(31)28-25(36)30(24(22)32)18-12-14-21(15-13-18)34-20-10-5-4-6-11-20/h4-6,10-15,17,32H,7-9,16H2,1-3H3,(H,28,31,36). The molecule has 188 valence electrons. The summed E-state index contributed by atoms with van der Waals surface area (Å²) < 4.78 is 12.8. The Morgan fingerprint density at radius 3 is 2.39 bits per heavy atom. The van der Waals surface area contributed by atoms with Gasteiger partial charge in [0.2, 0.25) is 5.88 Å². The number of aromatic amines is 1. The first-order chi connectivity index (χ1) is 17.1. The average molecular weight is 508 g/mol. The van der Waals surface area contributed by atoms with Crippen LogP contribution in [-0.2, 0) is 4.74 Å². The molecule has 0 saturated carbocycles. The quantitative estimate of drug-likeness (QED) is 0.411. The molecule has 1 saturated heterocycles. The smallest absolute Gasteiger partial charge is 0.414 e. The second-order valence-corrected chi connectivity index (χ2v) is 9.85. The lowest BCUT2D eigenvalue weighted by molar-refractivity contribution is 0.0289. The monoisotopic (exact) mass is 507 g/mol. The van der Waals surface area contributed by atoms with Gasteiger partial charge in [0.15, 0.2) is 4.77 Å². The van der Waals surface area contributed by atoms with Gasteiger partial charge in [-0.3, -0.25) is 19.2 Å². The highest BCUT2D eigenvalue weighted by atomic mass is 32.1. The predicted molar refractivity (Wildman–Crippen MR) is 140 cm³/mol. The van der Waals surface area contributed by atoms with Gasteiger partial charge in [-0.15, -0.1) is 0 Å². The molecule has 9 heteroatoms. The molecule has 1 aliphatic rings. The van der Waals surface area contributed by atoms with Gasteiger partial charge in [0.1, 0.15) is 22.7 Å². The molecule has 2 N–H and O–H groups in total. The summed E-state index contributed by atoms with van der Waals surface area (Å²) in [7, 11) is 0. The van der Waals surface area contributed by atoms with E-state index in [0.717, 1.165) is 12.8 Å². The first-order valence-corrected chi connectivity index (χ1v) is 12.2. The molecule has 1 aliphatic heterocycles. The van der Waals surface area contributed by atoms with Crippen molar-refractivity contribution in [2.75, 3.05) is 6.54 Å². The number of allylic oxidation sites excluding steroid dienone is 1. The minimum atomic E-state index is -0.650. The number of nitrogens with one attached hydrogen (secondary N) is 1. The summed E-state index contributed by atoms with van der Waals surface area (Å²) in [6.45, 7) is 5.88. The van der Waals surface area contributed by atoms with Gasteiger partial charge in [-0.05, 0) is 94.7 Å². The van der Waals surface area contributed by atoms with E-state index in [1.165, 1.54) is 15.5 Å². The Kier molecular flexibility index (Phi) is 7.30. The van der Waals surface area contributed by atoms with Gasteiger partial charge >= 0.3 is 6.09 Å². The van der Waals surface area contributed by atoms with Crippen LogP contribution in [0, 0.1) is 4.77 Å².